The average Bonchev–Trinajstić information content (AvgIpc) is 3.30. The molecule has 136 valence electrons. The molecule has 1 unspecified atom stereocenters. The molecule has 1 aromatic carbocycles. The van der Waals surface area contributed by atoms with E-state index in [1.54, 1.807) is 17.6 Å². The number of rotatable bonds is 5. The SMILES string of the molecule is CN(Cc1nc2ccccc2s1)C(=O)C1CCCN(Cc2ccco2)C1. The van der Waals surface area contributed by atoms with Gasteiger partial charge in [0.2, 0.25) is 5.91 Å². The van der Waals surface area contributed by atoms with E-state index in [2.05, 4.69) is 16.0 Å². The van der Waals surface area contributed by atoms with Crippen molar-refractivity contribution in [2.24, 2.45) is 5.92 Å². The van der Waals surface area contributed by atoms with Gasteiger partial charge in [-0.3, -0.25) is 9.69 Å². The molecule has 1 saturated heterocycles. The standard InChI is InChI=1S/C20H23N3O2S/c1-22(14-19-21-17-8-2-3-9-18(17)26-19)20(24)15-6-4-10-23(12-15)13-16-7-5-11-25-16/h2-3,5,7-9,11,15H,4,6,10,12-14H2,1H3. The topological polar surface area (TPSA) is 49.6 Å². The molecule has 0 aliphatic carbocycles. The van der Waals surface area contributed by atoms with Gasteiger partial charge in [0.15, 0.2) is 0 Å². The van der Waals surface area contributed by atoms with Gasteiger partial charge in [0.05, 0.1) is 35.5 Å². The number of nitrogens with zero attached hydrogens (tertiary/aromatic N) is 3. The minimum absolute atomic E-state index is 0.0538. The summed E-state index contributed by atoms with van der Waals surface area (Å²) in [7, 11) is 1.89. The van der Waals surface area contributed by atoms with Gasteiger partial charge in [0.1, 0.15) is 10.8 Å². The molecule has 2 aromatic heterocycles. The van der Waals surface area contributed by atoms with Crippen molar-refractivity contribution in [3.63, 3.8) is 0 Å². The Balaban J connectivity index is 1.37. The van der Waals surface area contributed by atoms with Crippen LogP contribution in [0.3, 0.4) is 0 Å². The van der Waals surface area contributed by atoms with Crippen molar-refractivity contribution in [3.05, 3.63) is 53.4 Å². The van der Waals surface area contributed by atoms with E-state index >= 15 is 0 Å². The molecule has 5 nitrogen and oxygen atoms in total. The number of thiazole rings is 1. The number of hydrogen-bond donors (Lipinski definition) is 0. The molecule has 4 rings (SSSR count). The Morgan fingerprint density at radius 2 is 2.23 bits per heavy atom. The number of carbonyl (C=O) groups excluding carboxylic acids is 1. The molecule has 3 aromatic rings. The summed E-state index contributed by atoms with van der Waals surface area (Å²) in [4.78, 5) is 21.7. The summed E-state index contributed by atoms with van der Waals surface area (Å²) in [6.07, 6.45) is 3.71. The van der Waals surface area contributed by atoms with Gasteiger partial charge in [-0.2, -0.15) is 0 Å². The van der Waals surface area contributed by atoms with Crippen LogP contribution in [0.2, 0.25) is 0 Å². The average molecular weight is 369 g/mol. The van der Waals surface area contributed by atoms with Crippen LogP contribution in [0.15, 0.2) is 47.1 Å². The third kappa shape index (κ3) is 3.81. The molecular formula is C20H23N3O2S. The Kier molecular flexibility index (Phi) is 5.04. The van der Waals surface area contributed by atoms with Crippen LogP contribution in [0.25, 0.3) is 10.2 Å². The number of furan rings is 1. The van der Waals surface area contributed by atoms with Crippen LogP contribution in [0.5, 0.6) is 0 Å². The predicted octanol–water partition coefficient (Wildman–Crippen LogP) is 3.76. The number of para-hydroxylation sites is 1. The molecule has 1 amide bonds. The molecule has 1 aliphatic rings. The first-order valence-electron chi connectivity index (χ1n) is 9.03. The van der Waals surface area contributed by atoms with Gasteiger partial charge >= 0.3 is 0 Å². The normalized spacial score (nSPS) is 18.3. The van der Waals surface area contributed by atoms with E-state index in [0.29, 0.717) is 6.54 Å². The van der Waals surface area contributed by atoms with Gasteiger partial charge in [-0.05, 0) is 43.7 Å². The van der Waals surface area contributed by atoms with Crippen LogP contribution in [-0.4, -0.2) is 40.8 Å². The quantitative estimate of drug-likeness (QED) is 0.687. The van der Waals surface area contributed by atoms with E-state index in [-0.39, 0.29) is 11.8 Å². The molecule has 0 saturated carbocycles. The van der Waals surface area contributed by atoms with E-state index in [1.807, 2.05) is 42.3 Å². The molecule has 1 atom stereocenters. The van der Waals surface area contributed by atoms with Gasteiger partial charge < -0.3 is 9.32 Å². The van der Waals surface area contributed by atoms with Gasteiger partial charge in [-0.25, -0.2) is 4.98 Å². The zero-order chi connectivity index (χ0) is 17.9. The van der Waals surface area contributed by atoms with Crippen LogP contribution < -0.4 is 0 Å². The first-order chi connectivity index (χ1) is 12.7. The van der Waals surface area contributed by atoms with Gasteiger partial charge in [-0.15, -0.1) is 11.3 Å². The maximum atomic E-state index is 12.9. The maximum Gasteiger partial charge on any atom is 0.227 e. The minimum atomic E-state index is 0.0538. The highest BCUT2D eigenvalue weighted by molar-refractivity contribution is 7.18. The smallest absolute Gasteiger partial charge is 0.227 e. The molecule has 26 heavy (non-hydrogen) atoms. The minimum Gasteiger partial charge on any atom is -0.468 e. The Bertz CT molecular complexity index is 841. The fraction of sp³-hybridized carbons (Fsp3) is 0.400. The van der Waals surface area contributed by atoms with Crippen molar-refractivity contribution in [2.45, 2.75) is 25.9 Å². The highest BCUT2D eigenvalue weighted by Crippen LogP contribution is 2.24. The van der Waals surface area contributed by atoms with Gasteiger partial charge in [0, 0.05) is 13.6 Å². The number of amides is 1. The third-order valence-corrected chi connectivity index (χ3v) is 5.92. The molecule has 0 spiro atoms. The fourth-order valence-corrected chi connectivity index (χ4v) is 4.62. The first kappa shape index (κ1) is 17.2. The van der Waals surface area contributed by atoms with E-state index in [1.165, 1.54) is 4.70 Å². The summed E-state index contributed by atoms with van der Waals surface area (Å²) in [6.45, 7) is 3.17. The Labute approximate surface area is 157 Å². The molecular weight excluding hydrogens is 346 g/mol. The summed E-state index contributed by atoms with van der Waals surface area (Å²) in [5.74, 6) is 1.23. The number of benzene rings is 1. The molecule has 6 heteroatoms. The van der Waals surface area contributed by atoms with Gasteiger partial charge in [-0.1, -0.05) is 12.1 Å². The lowest BCUT2D eigenvalue weighted by molar-refractivity contribution is -0.136. The number of aromatic nitrogens is 1. The zero-order valence-corrected chi connectivity index (χ0v) is 15.7. The summed E-state index contributed by atoms with van der Waals surface area (Å²) in [5.41, 5.74) is 1.01. The van der Waals surface area contributed by atoms with Crippen LogP contribution in [0, 0.1) is 5.92 Å². The Morgan fingerprint density at radius 3 is 3.04 bits per heavy atom. The second-order valence-electron chi connectivity index (χ2n) is 6.92. The van der Waals surface area contributed by atoms with Crippen LogP contribution >= 0.6 is 11.3 Å². The van der Waals surface area contributed by atoms with Crippen LogP contribution in [-0.2, 0) is 17.9 Å². The summed E-state index contributed by atoms with van der Waals surface area (Å²) in [5, 5.41) is 0.991. The number of carbonyl (C=O) groups is 1. The molecule has 0 N–H and O–H groups in total. The van der Waals surface area contributed by atoms with Crippen molar-refractivity contribution >= 4 is 27.5 Å². The Hall–Kier alpha value is -2.18. The zero-order valence-electron chi connectivity index (χ0n) is 14.9. The Morgan fingerprint density at radius 1 is 1.35 bits per heavy atom. The lowest BCUT2D eigenvalue weighted by atomic mass is 9.96. The molecule has 1 aliphatic heterocycles. The highest BCUT2D eigenvalue weighted by Gasteiger charge is 2.28. The van der Waals surface area contributed by atoms with E-state index in [4.69, 9.17) is 4.42 Å². The first-order valence-corrected chi connectivity index (χ1v) is 9.85. The van der Waals surface area contributed by atoms with Crippen molar-refractivity contribution in [1.29, 1.82) is 0 Å². The van der Waals surface area contributed by atoms with Crippen LogP contribution in [0.1, 0.15) is 23.6 Å². The largest absolute Gasteiger partial charge is 0.468 e. The van der Waals surface area contributed by atoms with E-state index < -0.39 is 0 Å². The van der Waals surface area contributed by atoms with E-state index in [9.17, 15) is 4.79 Å². The number of fused-ring (bicyclic) bond motifs is 1. The van der Waals surface area contributed by atoms with Crippen molar-refractivity contribution in [3.8, 4) is 0 Å². The summed E-state index contributed by atoms with van der Waals surface area (Å²) in [6, 6.07) is 12.0. The van der Waals surface area contributed by atoms with Gasteiger partial charge in [0.25, 0.3) is 0 Å². The second kappa shape index (κ2) is 7.60. The van der Waals surface area contributed by atoms with E-state index in [0.717, 1.165) is 48.8 Å². The number of piperidine rings is 1. The van der Waals surface area contributed by atoms with Crippen LogP contribution in [0.4, 0.5) is 0 Å². The predicted molar refractivity (Wildman–Crippen MR) is 103 cm³/mol. The fourth-order valence-electron chi connectivity index (χ4n) is 3.60. The lowest BCUT2D eigenvalue weighted by Crippen LogP contribution is -2.43. The number of hydrogen-bond acceptors (Lipinski definition) is 5. The second-order valence-corrected chi connectivity index (χ2v) is 8.04. The molecule has 3 heterocycles. The molecule has 0 radical (unpaired) electrons. The summed E-state index contributed by atoms with van der Waals surface area (Å²) >= 11 is 1.67. The van der Waals surface area contributed by atoms with Crippen molar-refractivity contribution < 1.29 is 9.21 Å². The lowest BCUT2D eigenvalue weighted by Gasteiger charge is -2.33. The highest BCUT2D eigenvalue weighted by atomic mass is 32.1. The molecule has 0 bridgehead atoms. The third-order valence-electron chi connectivity index (χ3n) is 4.90. The maximum absolute atomic E-state index is 12.9. The number of likely N-dealkylation sites (tertiary alicyclic amines) is 1. The van der Waals surface area contributed by atoms with Crippen molar-refractivity contribution in [1.82, 2.24) is 14.8 Å². The molecule has 1 fully saturated rings. The monoisotopic (exact) mass is 369 g/mol. The summed E-state index contributed by atoms with van der Waals surface area (Å²) < 4.78 is 6.62. The van der Waals surface area contributed by atoms with Crippen molar-refractivity contribution in [2.75, 3.05) is 20.1 Å².